The van der Waals surface area contributed by atoms with Crippen LogP contribution in [0.4, 0.5) is 0 Å². The lowest BCUT2D eigenvalue weighted by Gasteiger charge is -2.19. The van der Waals surface area contributed by atoms with E-state index in [1.165, 1.54) is 0 Å². The second-order valence-corrected chi connectivity index (χ2v) is 10.3. The summed E-state index contributed by atoms with van der Waals surface area (Å²) < 4.78 is 109. The second kappa shape index (κ2) is 9.44. The van der Waals surface area contributed by atoms with Crippen LogP contribution in [-0.2, 0) is 0 Å². The highest BCUT2D eigenvalue weighted by Gasteiger charge is 2.21. The summed E-state index contributed by atoms with van der Waals surface area (Å²) in [4.78, 5) is 0. The summed E-state index contributed by atoms with van der Waals surface area (Å²) in [6.45, 7) is 0. The van der Waals surface area contributed by atoms with Gasteiger partial charge in [0.1, 0.15) is 11.2 Å². The van der Waals surface area contributed by atoms with E-state index in [1.54, 1.807) is 6.07 Å². The van der Waals surface area contributed by atoms with Crippen LogP contribution >= 0.6 is 0 Å². The molecule has 43 heavy (non-hydrogen) atoms. The molecule has 0 N–H and O–H groups in total. The Labute approximate surface area is 266 Å². The quantitative estimate of drug-likeness (QED) is 0.197. The number of fused-ring (bicyclic) bond motifs is 6. The summed E-state index contributed by atoms with van der Waals surface area (Å²) in [6, 6.07) is 21.6. The Morgan fingerprint density at radius 2 is 0.884 bits per heavy atom. The molecule has 1 nitrogen and oxygen atoms in total. The van der Waals surface area contributed by atoms with Crippen LogP contribution in [0.2, 0.25) is 0 Å². The Morgan fingerprint density at radius 3 is 1.56 bits per heavy atom. The maximum Gasteiger partial charge on any atom is 0.143 e. The smallest absolute Gasteiger partial charge is 0.143 e. The van der Waals surface area contributed by atoms with Crippen LogP contribution in [0.25, 0.3) is 87.6 Å². The van der Waals surface area contributed by atoms with Crippen molar-refractivity contribution in [1.29, 1.82) is 0 Å². The van der Waals surface area contributed by atoms with Crippen LogP contribution in [0.15, 0.2) is 162 Å². The third kappa shape index (κ3) is 3.58. The topological polar surface area (TPSA) is 13.1 Å². The van der Waals surface area contributed by atoms with Gasteiger partial charge < -0.3 is 4.42 Å². The van der Waals surface area contributed by atoms with E-state index in [0.717, 1.165) is 27.3 Å². The SMILES string of the molecule is [2H]c1c([2H])c([2H])c(-c2ccc(-c3c4ccccc4c(-c4c([2H])c([2H])c([2H])c5c4oc4c([2H])c([2H])c([2H])c([2H])c45)c4ccccc34)c3ccccc23)c([2H])c1[2H]. The molecule has 0 atom stereocenters. The lowest BCUT2D eigenvalue weighted by Crippen LogP contribution is -1.92. The highest BCUT2D eigenvalue weighted by atomic mass is 16.3. The van der Waals surface area contributed by atoms with Crippen molar-refractivity contribution in [1.82, 2.24) is 0 Å². The van der Waals surface area contributed by atoms with Gasteiger partial charge in [0.25, 0.3) is 0 Å². The summed E-state index contributed by atoms with van der Waals surface area (Å²) >= 11 is 0. The molecule has 0 unspecified atom stereocenters. The minimum Gasteiger partial charge on any atom is -0.455 e. The molecule has 1 aromatic heterocycles. The highest BCUT2D eigenvalue weighted by Crippen LogP contribution is 2.48. The largest absolute Gasteiger partial charge is 0.455 e. The number of hydrogen-bond acceptors (Lipinski definition) is 1. The normalized spacial score (nSPS) is 15.6. The summed E-state index contributed by atoms with van der Waals surface area (Å²) in [5.41, 5.74) is 2.80. The summed E-state index contributed by atoms with van der Waals surface area (Å²) in [5.74, 6) is 0. The Hall–Kier alpha value is -5.66. The molecule has 9 rings (SSSR count). The Balaban J connectivity index is 1.43. The lowest BCUT2D eigenvalue weighted by atomic mass is 9.83. The third-order valence-electron chi connectivity index (χ3n) is 8.08. The predicted molar refractivity (Wildman–Crippen MR) is 183 cm³/mol. The number of benzene rings is 8. The zero-order valence-corrected chi connectivity index (χ0v) is 22.5. The van der Waals surface area contributed by atoms with Gasteiger partial charge in [0.2, 0.25) is 0 Å². The molecule has 1 heteroatoms. The molecule has 0 saturated heterocycles. The van der Waals surface area contributed by atoms with E-state index >= 15 is 0 Å². The molecule has 0 aliphatic rings. The average molecular weight is 559 g/mol. The first-order valence-corrected chi connectivity index (χ1v) is 13.8. The van der Waals surface area contributed by atoms with Crippen molar-refractivity contribution in [3.05, 3.63) is 157 Å². The zero-order chi connectivity index (χ0) is 38.8. The first kappa shape index (κ1) is 15.0. The molecule has 0 radical (unpaired) electrons. The first-order valence-electron chi connectivity index (χ1n) is 19.8. The van der Waals surface area contributed by atoms with Gasteiger partial charge in [-0.1, -0.05) is 151 Å². The summed E-state index contributed by atoms with van der Waals surface area (Å²) in [6.07, 6.45) is 0. The number of furan rings is 1. The van der Waals surface area contributed by atoms with E-state index in [0.29, 0.717) is 27.3 Å². The number of rotatable bonds is 3. The summed E-state index contributed by atoms with van der Waals surface area (Å²) in [5, 5.41) is 4.37. The average Bonchev–Trinajstić information content (AvgIpc) is 3.60. The fourth-order valence-corrected chi connectivity index (χ4v) is 6.31. The first-order chi connectivity index (χ1) is 26.3. The molecule has 200 valence electrons. The van der Waals surface area contributed by atoms with Crippen LogP contribution in [0.5, 0.6) is 0 Å². The van der Waals surface area contributed by atoms with Gasteiger partial charge in [-0.2, -0.15) is 0 Å². The van der Waals surface area contributed by atoms with E-state index < -0.39 is 48.3 Å². The Morgan fingerprint density at radius 1 is 0.372 bits per heavy atom. The molecule has 1 heterocycles. The van der Waals surface area contributed by atoms with Gasteiger partial charge in [0, 0.05) is 21.9 Å². The van der Waals surface area contributed by atoms with E-state index in [-0.39, 0.29) is 57.2 Å². The standard InChI is InChI=1S/C42H26O/c1-2-13-27(14-3-1)28-25-26-36(30-16-5-4-15-29(28)30)40-32-18-6-8-20-34(32)41(35-21-9-7-19-33(35)40)38-23-12-22-37-31-17-10-11-24-39(31)43-42(37)38/h1-26H/i1D,2D,3D,10D,11D,12D,13D,14D,17D,22D,23D,24D. The van der Waals surface area contributed by atoms with Gasteiger partial charge in [-0.05, 0) is 60.6 Å². The van der Waals surface area contributed by atoms with Gasteiger partial charge in [0.15, 0.2) is 0 Å². The van der Waals surface area contributed by atoms with Crippen LogP contribution in [0.1, 0.15) is 16.4 Å². The minimum absolute atomic E-state index is 0.0170. The maximum atomic E-state index is 9.28. The number of hydrogen-bond donors (Lipinski definition) is 0. The molecule has 0 amide bonds. The van der Waals surface area contributed by atoms with Crippen molar-refractivity contribution in [3.8, 4) is 33.4 Å². The fourth-order valence-electron chi connectivity index (χ4n) is 6.31. The predicted octanol–water partition coefficient (Wildman–Crippen LogP) is 12.0. The van der Waals surface area contributed by atoms with Gasteiger partial charge in [-0.25, -0.2) is 0 Å². The molecule has 0 aliphatic carbocycles. The summed E-state index contributed by atoms with van der Waals surface area (Å²) in [7, 11) is 0. The number of para-hydroxylation sites is 2. The van der Waals surface area contributed by atoms with Crippen LogP contribution < -0.4 is 0 Å². The van der Waals surface area contributed by atoms with E-state index in [2.05, 4.69) is 0 Å². The van der Waals surface area contributed by atoms with Crippen molar-refractivity contribution in [3.63, 3.8) is 0 Å². The minimum atomic E-state index is -0.494. The molecular weight excluding hydrogens is 520 g/mol. The van der Waals surface area contributed by atoms with Crippen LogP contribution in [0.3, 0.4) is 0 Å². The van der Waals surface area contributed by atoms with Crippen molar-refractivity contribution in [2.75, 3.05) is 0 Å². The van der Waals surface area contributed by atoms with E-state index in [4.69, 9.17) is 19.5 Å². The molecular formula is C42H26O. The molecule has 0 spiro atoms. The Kier molecular flexibility index (Phi) is 3.29. The van der Waals surface area contributed by atoms with Gasteiger partial charge in [-0.3, -0.25) is 0 Å². The molecule has 0 saturated carbocycles. The molecule has 0 bridgehead atoms. The highest BCUT2D eigenvalue weighted by molar-refractivity contribution is 6.26. The van der Waals surface area contributed by atoms with Crippen molar-refractivity contribution in [2.24, 2.45) is 0 Å². The zero-order valence-electron chi connectivity index (χ0n) is 34.5. The van der Waals surface area contributed by atoms with Gasteiger partial charge in [-0.15, -0.1) is 0 Å². The second-order valence-electron chi connectivity index (χ2n) is 10.3. The van der Waals surface area contributed by atoms with Crippen molar-refractivity contribution >= 4 is 54.3 Å². The van der Waals surface area contributed by atoms with E-state index in [9.17, 15) is 1.37 Å². The lowest BCUT2D eigenvalue weighted by molar-refractivity contribution is 0.670. The third-order valence-corrected chi connectivity index (χ3v) is 8.08. The molecule has 0 aliphatic heterocycles. The maximum absolute atomic E-state index is 9.28. The van der Waals surface area contributed by atoms with Gasteiger partial charge in [0.05, 0.1) is 16.4 Å². The Bertz CT molecular complexity index is 3100. The molecule has 0 fully saturated rings. The monoisotopic (exact) mass is 558 g/mol. The van der Waals surface area contributed by atoms with Crippen LogP contribution in [-0.4, -0.2) is 0 Å². The van der Waals surface area contributed by atoms with Crippen LogP contribution in [0, 0.1) is 0 Å². The molecule has 9 aromatic rings. The molecule has 8 aromatic carbocycles. The van der Waals surface area contributed by atoms with Crippen molar-refractivity contribution < 1.29 is 20.9 Å². The van der Waals surface area contributed by atoms with Gasteiger partial charge >= 0.3 is 0 Å². The fraction of sp³-hybridized carbons (Fsp3) is 0. The van der Waals surface area contributed by atoms with Crippen molar-refractivity contribution in [2.45, 2.75) is 0 Å². The van der Waals surface area contributed by atoms with E-state index in [1.807, 2.05) is 78.9 Å².